The Morgan fingerprint density at radius 1 is 1.39 bits per heavy atom. The number of benzene rings is 1. The lowest BCUT2D eigenvalue weighted by Gasteiger charge is -2.18. The molecule has 1 aromatic carbocycles. The number of carbonyl (C=O) groups excluding carboxylic acids is 1. The van der Waals surface area contributed by atoms with Gasteiger partial charge in [0.25, 0.3) is 5.91 Å². The van der Waals surface area contributed by atoms with Gasteiger partial charge in [-0.3, -0.25) is 9.20 Å². The summed E-state index contributed by atoms with van der Waals surface area (Å²) in [5, 5.41) is 6.50. The molecule has 6 nitrogen and oxygen atoms in total. The van der Waals surface area contributed by atoms with Crippen molar-refractivity contribution in [1.82, 2.24) is 20.0 Å². The molecule has 4 rings (SSSR count). The van der Waals surface area contributed by atoms with Gasteiger partial charge in [0.05, 0.1) is 17.1 Å². The van der Waals surface area contributed by atoms with Gasteiger partial charge < -0.3 is 15.4 Å². The molecule has 0 spiro atoms. The number of hydrogen-bond donors (Lipinski definition) is 2. The first-order valence-electron chi connectivity index (χ1n) is 9.90. The molecule has 7 heteroatoms. The largest absolute Gasteiger partial charge is 0.377 e. The second-order valence-corrected chi connectivity index (χ2v) is 9.70. The van der Waals surface area contributed by atoms with Crippen molar-refractivity contribution in [3.63, 3.8) is 0 Å². The van der Waals surface area contributed by atoms with Crippen LogP contribution in [0.15, 0.2) is 24.4 Å². The molecule has 0 radical (unpaired) electrons. The number of aromatic nitrogens is 2. The maximum absolute atomic E-state index is 12.5. The van der Waals surface area contributed by atoms with Crippen molar-refractivity contribution in [2.45, 2.75) is 46.3 Å². The molecule has 1 amide bonds. The van der Waals surface area contributed by atoms with Crippen LogP contribution in [0.1, 0.15) is 48.8 Å². The number of amides is 1. The smallest absolute Gasteiger partial charge is 0.263 e. The molecule has 1 fully saturated rings. The highest BCUT2D eigenvalue weighted by Gasteiger charge is 2.17. The standard InChI is InChI=1S/C21H28N4O2S/c1-21(2,3)13-23-19(26)18-12-25-17-9-14(6-7-16(17)24-20(25)28-18)10-22-11-15-5-4-8-27-15/h6-7,9,12,15,22H,4-5,8,10-11,13H2,1-3H3,(H,23,26)/t15-/m1/s1. The number of carbonyl (C=O) groups is 1. The average molecular weight is 401 g/mol. The lowest BCUT2D eigenvalue weighted by atomic mass is 9.97. The second-order valence-electron chi connectivity index (χ2n) is 8.69. The highest BCUT2D eigenvalue weighted by atomic mass is 32.1. The van der Waals surface area contributed by atoms with E-state index in [9.17, 15) is 4.79 Å². The number of imidazole rings is 1. The molecule has 1 aliphatic heterocycles. The zero-order chi connectivity index (χ0) is 19.7. The summed E-state index contributed by atoms with van der Waals surface area (Å²) in [6.45, 7) is 9.54. The molecule has 0 aliphatic carbocycles. The summed E-state index contributed by atoms with van der Waals surface area (Å²) >= 11 is 1.43. The topological polar surface area (TPSA) is 67.7 Å². The van der Waals surface area contributed by atoms with Gasteiger partial charge in [0.1, 0.15) is 4.88 Å². The Kier molecular flexibility index (Phi) is 5.40. The number of rotatable bonds is 6. The fourth-order valence-electron chi connectivity index (χ4n) is 3.39. The van der Waals surface area contributed by atoms with Gasteiger partial charge in [0.15, 0.2) is 4.96 Å². The van der Waals surface area contributed by atoms with Gasteiger partial charge in [0.2, 0.25) is 0 Å². The minimum absolute atomic E-state index is 0.0343. The van der Waals surface area contributed by atoms with Crippen LogP contribution in [0.2, 0.25) is 0 Å². The van der Waals surface area contributed by atoms with Crippen LogP contribution >= 0.6 is 11.3 Å². The van der Waals surface area contributed by atoms with Gasteiger partial charge in [-0.1, -0.05) is 38.2 Å². The summed E-state index contributed by atoms with van der Waals surface area (Å²) in [6.07, 6.45) is 4.55. The normalized spacial score (nSPS) is 17.6. The highest BCUT2D eigenvalue weighted by Crippen LogP contribution is 2.25. The van der Waals surface area contributed by atoms with E-state index in [1.165, 1.54) is 16.9 Å². The van der Waals surface area contributed by atoms with E-state index in [2.05, 4.69) is 54.6 Å². The van der Waals surface area contributed by atoms with E-state index in [4.69, 9.17) is 4.74 Å². The third-order valence-electron chi connectivity index (χ3n) is 4.90. The van der Waals surface area contributed by atoms with Crippen molar-refractivity contribution < 1.29 is 9.53 Å². The fourth-order valence-corrected chi connectivity index (χ4v) is 4.30. The van der Waals surface area contributed by atoms with Crippen molar-refractivity contribution >= 4 is 33.2 Å². The number of nitrogens with one attached hydrogen (secondary N) is 2. The van der Waals surface area contributed by atoms with Crippen LogP contribution in [0, 0.1) is 5.41 Å². The highest BCUT2D eigenvalue weighted by molar-refractivity contribution is 7.18. The summed E-state index contributed by atoms with van der Waals surface area (Å²) in [7, 11) is 0. The molecule has 0 unspecified atom stereocenters. The molecular formula is C21H28N4O2S. The molecule has 150 valence electrons. The van der Waals surface area contributed by atoms with E-state index in [0.29, 0.717) is 17.5 Å². The van der Waals surface area contributed by atoms with Crippen LogP contribution in [0.25, 0.3) is 16.0 Å². The molecule has 1 atom stereocenters. The average Bonchev–Trinajstić information content (AvgIpc) is 3.35. The predicted octanol–water partition coefficient (Wildman–Crippen LogP) is 3.59. The van der Waals surface area contributed by atoms with Gasteiger partial charge in [-0.05, 0) is 36.0 Å². The van der Waals surface area contributed by atoms with Crippen LogP contribution in [0.4, 0.5) is 0 Å². The van der Waals surface area contributed by atoms with E-state index >= 15 is 0 Å². The van der Waals surface area contributed by atoms with E-state index < -0.39 is 0 Å². The summed E-state index contributed by atoms with van der Waals surface area (Å²) < 4.78 is 7.68. The molecule has 0 bridgehead atoms. The van der Waals surface area contributed by atoms with Gasteiger partial charge in [-0.15, -0.1) is 0 Å². The van der Waals surface area contributed by atoms with Gasteiger partial charge >= 0.3 is 0 Å². The molecule has 1 aliphatic rings. The maximum Gasteiger partial charge on any atom is 0.263 e. The lowest BCUT2D eigenvalue weighted by Crippen LogP contribution is -2.31. The van der Waals surface area contributed by atoms with Crippen molar-refractivity contribution in [1.29, 1.82) is 0 Å². The van der Waals surface area contributed by atoms with E-state index in [1.54, 1.807) is 0 Å². The second kappa shape index (κ2) is 7.81. The van der Waals surface area contributed by atoms with Crippen LogP contribution in [0.3, 0.4) is 0 Å². The Balaban J connectivity index is 1.48. The Labute approximate surface area is 169 Å². The number of thiazole rings is 1. The van der Waals surface area contributed by atoms with Gasteiger partial charge in [-0.25, -0.2) is 4.98 Å². The summed E-state index contributed by atoms with van der Waals surface area (Å²) in [5.74, 6) is -0.0343. The first-order chi connectivity index (χ1) is 13.4. The number of nitrogens with zero attached hydrogens (tertiary/aromatic N) is 2. The summed E-state index contributed by atoms with van der Waals surface area (Å²) in [6, 6.07) is 6.32. The molecular weight excluding hydrogens is 372 g/mol. The molecule has 28 heavy (non-hydrogen) atoms. The van der Waals surface area contributed by atoms with Gasteiger partial charge in [0, 0.05) is 32.4 Å². The van der Waals surface area contributed by atoms with E-state index in [-0.39, 0.29) is 11.3 Å². The number of hydrogen-bond acceptors (Lipinski definition) is 5. The quantitative estimate of drug-likeness (QED) is 0.664. The first kappa shape index (κ1) is 19.4. The minimum atomic E-state index is -0.0343. The zero-order valence-electron chi connectivity index (χ0n) is 16.7. The molecule has 2 N–H and O–H groups in total. The van der Waals surface area contributed by atoms with Gasteiger partial charge in [-0.2, -0.15) is 0 Å². The van der Waals surface area contributed by atoms with E-state index in [0.717, 1.165) is 48.5 Å². The van der Waals surface area contributed by atoms with Crippen molar-refractivity contribution in [2.75, 3.05) is 19.7 Å². The molecule has 2 aromatic heterocycles. The molecule has 3 heterocycles. The predicted molar refractivity (Wildman–Crippen MR) is 113 cm³/mol. The first-order valence-corrected chi connectivity index (χ1v) is 10.7. The number of fused-ring (bicyclic) bond motifs is 3. The number of ether oxygens (including phenoxy) is 1. The van der Waals surface area contributed by atoms with Crippen LogP contribution in [0.5, 0.6) is 0 Å². The van der Waals surface area contributed by atoms with Crippen LogP contribution in [-0.2, 0) is 11.3 Å². The Morgan fingerprint density at radius 2 is 2.25 bits per heavy atom. The summed E-state index contributed by atoms with van der Waals surface area (Å²) in [4.78, 5) is 18.7. The Morgan fingerprint density at radius 3 is 3.00 bits per heavy atom. The monoisotopic (exact) mass is 400 g/mol. The SMILES string of the molecule is CC(C)(C)CNC(=O)c1cn2c(nc3ccc(CNC[C@H]4CCCO4)cc32)s1. The minimum Gasteiger partial charge on any atom is -0.377 e. The maximum atomic E-state index is 12.5. The van der Waals surface area contributed by atoms with Crippen molar-refractivity contribution in [3.05, 3.63) is 34.8 Å². The third kappa shape index (κ3) is 4.37. The molecule has 0 saturated carbocycles. The zero-order valence-corrected chi connectivity index (χ0v) is 17.6. The molecule has 3 aromatic rings. The Hall–Kier alpha value is -1.96. The van der Waals surface area contributed by atoms with E-state index in [1.807, 2.05) is 10.6 Å². The van der Waals surface area contributed by atoms with Crippen molar-refractivity contribution in [2.24, 2.45) is 5.41 Å². The fraction of sp³-hybridized carbons (Fsp3) is 0.524. The third-order valence-corrected chi connectivity index (χ3v) is 5.88. The lowest BCUT2D eigenvalue weighted by molar-refractivity contribution is 0.0943. The van der Waals surface area contributed by atoms with Crippen molar-refractivity contribution in [3.8, 4) is 0 Å². The van der Waals surface area contributed by atoms with Crippen LogP contribution < -0.4 is 10.6 Å². The summed E-state index contributed by atoms with van der Waals surface area (Å²) in [5.41, 5.74) is 3.26. The molecule has 1 saturated heterocycles. The van der Waals surface area contributed by atoms with Crippen LogP contribution in [-0.4, -0.2) is 41.1 Å². The Bertz CT molecular complexity index is 980.